The number of rotatable bonds is 2. The molecule has 0 saturated carbocycles. The van der Waals surface area contributed by atoms with Crippen LogP contribution in [0, 0.1) is 5.82 Å². The van der Waals surface area contributed by atoms with Crippen LogP contribution in [-0.4, -0.2) is 10.2 Å². The van der Waals surface area contributed by atoms with Crippen LogP contribution in [0.15, 0.2) is 22.1 Å². The average molecular weight is 310 g/mol. The van der Waals surface area contributed by atoms with Crippen molar-refractivity contribution in [2.75, 3.05) is 0 Å². The highest BCUT2D eigenvalue weighted by atomic mass is 79.9. The third-order valence-electron chi connectivity index (χ3n) is 1.48. The molecule has 1 aromatic heterocycles. The second kappa shape index (κ2) is 4.42. The molecule has 0 fully saturated rings. The van der Waals surface area contributed by atoms with Gasteiger partial charge in [-0.25, -0.2) is 4.39 Å². The topological polar surface area (TPSA) is 35.0 Å². The molecule has 0 atom stereocenters. The summed E-state index contributed by atoms with van der Waals surface area (Å²) in [7, 11) is 0. The van der Waals surface area contributed by atoms with Crippen molar-refractivity contribution < 1.29 is 9.13 Å². The van der Waals surface area contributed by atoms with Gasteiger partial charge in [-0.05, 0) is 39.4 Å². The molecule has 0 radical (unpaired) electrons. The minimum absolute atomic E-state index is 0.0563. The molecule has 2 rings (SSSR count). The molecule has 2 aromatic rings. The lowest BCUT2D eigenvalue weighted by atomic mass is 10.3. The Labute approximate surface area is 102 Å². The quantitative estimate of drug-likeness (QED) is 0.844. The van der Waals surface area contributed by atoms with Crippen LogP contribution in [0.1, 0.15) is 0 Å². The number of nitrogens with zero attached hydrogens (tertiary/aromatic N) is 2. The number of benzene rings is 1. The van der Waals surface area contributed by atoms with Gasteiger partial charge in [-0.3, -0.25) is 0 Å². The van der Waals surface area contributed by atoms with E-state index >= 15 is 0 Å². The van der Waals surface area contributed by atoms with E-state index in [9.17, 15) is 4.39 Å². The van der Waals surface area contributed by atoms with Gasteiger partial charge < -0.3 is 4.74 Å². The monoisotopic (exact) mass is 308 g/mol. The molecule has 0 aliphatic rings. The highest BCUT2D eigenvalue weighted by Gasteiger charge is 2.06. The first-order valence-electron chi connectivity index (χ1n) is 3.77. The summed E-state index contributed by atoms with van der Waals surface area (Å²) in [5.74, 6) is -0.196. The van der Waals surface area contributed by atoms with Crippen molar-refractivity contribution in [2.24, 2.45) is 0 Å². The minimum Gasteiger partial charge on any atom is -0.430 e. The molecule has 1 heterocycles. The molecule has 15 heavy (non-hydrogen) atoms. The summed E-state index contributed by atoms with van der Waals surface area (Å²) in [6.45, 7) is 0. The van der Waals surface area contributed by atoms with Gasteiger partial charge in [0.05, 0.1) is 5.02 Å². The lowest BCUT2D eigenvalue weighted by Crippen LogP contribution is -1.85. The SMILES string of the molecule is Fc1cc(Oc2nnc(Br)s2)ccc1Cl. The number of halogens is 3. The van der Waals surface area contributed by atoms with E-state index in [4.69, 9.17) is 16.3 Å². The molecule has 0 aliphatic heterocycles. The van der Waals surface area contributed by atoms with Crippen molar-refractivity contribution in [1.29, 1.82) is 0 Å². The second-order valence-corrected chi connectivity index (χ2v) is 5.12. The maximum absolute atomic E-state index is 13.0. The lowest BCUT2D eigenvalue weighted by molar-refractivity contribution is 0.468. The van der Waals surface area contributed by atoms with E-state index in [0.717, 1.165) is 0 Å². The fourth-order valence-corrected chi connectivity index (χ4v) is 1.93. The van der Waals surface area contributed by atoms with E-state index in [2.05, 4.69) is 26.1 Å². The van der Waals surface area contributed by atoms with Gasteiger partial charge in [0, 0.05) is 6.07 Å². The van der Waals surface area contributed by atoms with Gasteiger partial charge in [-0.15, -0.1) is 5.10 Å². The van der Waals surface area contributed by atoms with Crippen LogP contribution in [0.5, 0.6) is 10.9 Å². The summed E-state index contributed by atoms with van der Waals surface area (Å²) in [5.41, 5.74) is 0. The summed E-state index contributed by atoms with van der Waals surface area (Å²) < 4.78 is 18.9. The van der Waals surface area contributed by atoms with E-state index < -0.39 is 5.82 Å². The van der Waals surface area contributed by atoms with Gasteiger partial charge in [0.25, 0.3) is 5.19 Å². The smallest absolute Gasteiger partial charge is 0.300 e. The molecular weight excluding hydrogens is 307 g/mol. The number of hydrogen-bond acceptors (Lipinski definition) is 4. The van der Waals surface area contributed by atoms with E-state index in [0.29, 0.717) is 14.9 Å². The molecule has 0 unspecified atom stereocenters. The predicted molar refractivity (Wildman–Crippen MR) is 59.1 cm³/mol. The van der Waals surface area contributed by atoms with Gasteiger partial charge in [-0.2, -0.15) is 0 Å². The lowest BCUT2D eigenvalue weighted by Gasteiger charge is -2.01. The summed E-state index contributed by atoms with van der Waals surface area (Å²) >= 11 is 9.88. The summed E-state index contributed by atoms with van der Waals surface area (Å²) in [6.07, 6.45) is 0. The third-order valence-corrected chi connectivity index (χ3v) is 3.02. The van der Waals surface area contributed by atoms with Crippen LogP contribution in [0.4, 0.5) is 4.39 Å². The second-order valence-electron chi connectivity index (χ2n) is 2.50. The Morgan fingerprint density at radius 3 is 2.80 bits per heavy atom. The Hall–Kier alpha value is -0.720. The molecule has 0 N–H and O–H groups in total. The van der Waals surface area contributed by atoms with Crippen molar-refractivity contribution in [3.63, 3.8) is 0 Å². The molecule has 3 nitrogen and oxygen atoms in total. The Morgan fingerprint density at radius 1 is 1.40 bits per heavy atom. The normalized spacial score (nSPS) is 10.3. The first kappa shape index (κ1) is 10.8. The van der Waals surface area contributed by atoms with E-state index in [1.54, 1.807) is 6.07 Å². The first-order valence-corrected chi connectivity index (χ1v) is 5.76. The molecule has 1 aromatic carbocycles. The van der Waals surface area contributed by atoms with Crippen LogP contribution in [0.25, 0.3) is 0 Å². The zero-order valence-corrected chi connectivity index (χ0v) is 10.2. The highest BCUT2D eigenvalue weighted by Crippen LogP contribution is 2.29. The van der Waals surface area contributed by atoms with E-state index in [1.165, 1.54) is 23.5 Å². The van der Waals surface area contributed by atoms with Gasteiger partial charge in [0.15, 0.2) is 3.92 Å². The van der Waals surface area contributed by atoms with Gasteiger partial charge in [-0.1, -0.05) is 16.7 Å². The Balaban J connectivity index is 2.21. The van der Waals surface area contributed by atoms with Crippen LogP contribution in [0.3, 0.4) is 0 Å². The zero-order chi connectivity index (χ0) is 10.8. The maximum atomic E-state index is 13.0. The number of aromatic nitrogens is 2. The van der Waals surface area contributed by atoms with Crippen LogP contribution in [0.2, 0.25) is 5.02 Å². The van der Waals surface area contributed by atoms with Crippen molar-refractivity contribution in [3.05, 3.63) is 33.0 Å². The van der Waals surface area contributed by atoms with Crippen LogP contribution < -0.4 is 4.74 Å². The summed E-state index contributed by atoms with van der Waals surface area (Å²) in [4.78, 5) is 0. The third kappa shape index (κ3) is 2.64. The Kier molecular flexibility index (Phi) is 3.18. The molecule has 78 valence electrons. The zero-order valence-electron chi connectivity index (χ0n) is 7.08. The van der Waals surface area contributed by atoms with Crippen LogP contribution >= 0.6 is 38.9 Å². The minimum atomic E-state index is -0.530. The summed E-state index contributed by atoms with van der Waals surface area (Å²) in [5, 5.41) is 7.79. The predicted octanol–water partition coefficient (Wildman–Crippen LogP) is 3.89. The molecule has 0 saturated heterocycles. The fourth-order valence-electron chi connectivity index (χ4n) is 0.875. The molecule has 0 bridgehead atoms. The van der Waals surface area contributed by atoms with E-state index in [-0.39, 0.29) is 5.02 Å². The van der Waals surface area contributed by atoms with Gasteiger partial charge >= 0.3 is 0 Å². The summed E-state index contributed by atoms with van der Waals surface area (Å²) in [6, 6.07) is 4.17. The first-order chi connectivity index (χ1) is 7.15. The Morgan fingerprint density at radius 2 is 2.20 bits per heavy atom. The van der Waals surface area contributed by atoms with Gasteiger partial charge in [0.1, 0.15) is 11.6 Å². The molecular formula is C8H3BrClFN2OS. The van der Waals surface area contributed by atoms with Crippen molar-refractivity contribution in [2.45, 2.75) is 0 Å². The van der Waals surface area contributed by atoms with Crippen molar-refractivity contribution in [3.8, 4) is 10.9 Å². The maximum Gasteiger partial charge on any atom is 0.300 e. The fraction of sp³-hybridized carbons (Fsp3) is 0. The van der Waals surface area contributed by atoms with Gasteiger partial charge in [0.2, 0.25) is 0 Å². The molecule has 0 aliphatic carbocycles. The molecule has 0 spiro atoms. The van der Waals surface area contributed by atoms with Crippen molar-refractivity contribution >= 4 is 38.9 Å². The van der Waals surface area contributed by atoms with Crippen molar-refractivity contribution in [1.82, 2.24) is 10.2 Å². The highest BCUT2D eigenvalue weighted by molar-refractivity contribution is 9.11. The average Bonchev–Trinajstić information content (AvgIpc) is 2.58. The standard InChI is InChI=1S/C8H3BrClFN2OS/c9-7-12-13-8(15-7)14-4-1-2-5(10)6(11)3-4/h1-3H. The van der Waals surface area contributed by atoms with E-state index in [1.807, 2.05) is 0 Å². The molecule has 0 amide bonds. The van der Waals surface area contributed by atoms with Crippen LogP contribution in [-0.2, 0) is 0 Å². The Bertz CT molecular complexity index is 493. The number of ether oxygens (including phenoxy) is 1. The molecule has 7 heteroatoms. The largest absolute Gasteiger partial charge is 0.430 e. The number of hydrogen-bond donors (Lipinski definition) is 0.